The summed E-state index contributed by atoms with van der Waals surface area (Å²) in [5, 5.41) is 17.3. The molecule has 0 aromatic carbocycles. The number of nitrogens with one attached hydrogen (secondary N) is 2. The molecule has 2 N–H and O–H groups in total. The largest absolute Gasteiger partial charge is 0.347 e. The van der Waals surface area contributed by atoms with Gasteiger partial charge in [0.15, 0.2) is 0 Å². The maximum Gasteiger partial charge on any atom is 0.277 e. The molecule has 116 valence electrons. The van der Waals surface area contributed by atoms with Crippen LogP contribution in [0.4, 0.5) is 0 Å². The Morgan fingerprint density at radius 2 is 2.09 bits per heavy atom. The summed E-state index contributed by atoms with van der Waals surface area (Å²) in [6.07, 6.45) is 1.54. The van der Waals surface area contributed by atoms with Gasteiger partial charge in [-0.05, 0) is 32.8 Å². The quantitative estimate of drug-likeness (QED) is 0.814. The first-order chi connectivity index (χ1) is 10.5. The molecule has 0 spiro atoms. The van der Waals surface area contributed by atoms with Gasteiger partial charge >= 0.3 is 0 Å². The molecule has 22 heavy (non-hydrogen) atoms. The van der Waals surface area contributed by atoms with E-state index in [0.29, 0.717) is 17.8 Å². The lowest BCUT2D eigenvalue weighted by molar-refractivity contribution is 0.0924. The molecule has 1 aliphatic rings. The fourth-order valence-corrected chi connectivity index (χ4v) is 2.74. The van der Waals surface area contributed by atoms with Crippen LogP contribution in [-0.2, 0) is 13.0 Å². The molecule has 1 aliphatic heterocycles. The molecule has 8 nitrogen and oxygen atoms in total. The van der Waals surface area contributed by atoms with Gasteiger partial charge in [0.25, 0.3) is 11.5 Å². The molecule has 0 saturated carbocycles. The van der Waals surface area contributed by atoms with E-state index in [1.807, 2.05) is 11.5 Å². The first-order valence-corrected chi connectivity index (χ1v) is 7.22. The van der Waals surface area contributed by atoms with Gasteiger partial charge in [-0.25, -0.2) is 5.10 Å². The highest BCUT2D eigenvalue weighted by atomic mass is 16.2. The van der Waals surface area contributed by atoms with Gasteiger partial charge in [0.05, 0.1) is 5.69 Å². The first kappa shape index (κ1) is 14.4. The molecule has 0 bridgehead atoms. The minimum Gasteiger partial charge on any atom is -0.347 e. The molecule has 8 heteroatoms. The second kappa shape index (κ2) is 5.36. The number of aromatic amines is 1. The first-order valence-electron chi connectivity index (χ1n) is 7.22. The lowest BCUT2D eigenvalue weighted by Crippen LogP contribution is -2.43. The summed E-state index contributed by atoms with van der Waals surface area (Å²) in [6.45, 7) is 6.01. The van der Waals surface area contributed by atoms with Crippen molar-refractivity contribution in [2.45, 2.75) is 46.2 Å². The van der Waals surface area contributed by atoms with Crippen LogP contribution in [0.25, 0.3) is 0 Å². The van der Waals surface area contributed by atoms with Crippen molar-refractivity contribution in [1.29, 1.82) is 0 Å². The lowest BCUT2D eigenvalue weighted by atomic mass is 10.1. The van der Waals surface area contributed by atoms with E-state index < -0.39 is 5.56 Å². The Kier molecular flexibility index (Phi) is 3.51. The van der Waals surface area contributed by atoms with Gasteiger partial charge < -0.3 is 9.88 Å². The molecule has 3 rings (SSSR count). The van der Waals surface area contributed by atoms with Crippen LogP contribution < -0.4 is 10.9 Å². The number of H-pyrrole nitrogens is 1. The number of nitrogens with zero attached hydrogens (tertiary/aromatic N) is 4. The van der Waals surface area contributed by atoms with Crippen LogP contribution in [0.3, 0.4) is 0 Å². The number of rotatable bonds is 2. The average Bonchev–Trinajstić information content (AvgIpc) is 2.85. The third-order valence-electron chi connectivity index (χ3n) is 4.16. The summed E-state index contributed by atoms with van der Waals surface area (Å²) in [4.78, 5) is 24.3. The standard InChI is InChI=1S/C14H18N6O2/c1-7-8(2)16-19-14(22)12(7)13(21)15-10-4-5-11-18-17-9(3)20(11)6-10/h10H,4-6H2,1-3H3,(H,15,21)(H,19,22). The van der Waals surface area contributed by atoms with E-state index in [-0.39, 0.29) is 17.5 Å². The van der Waals surface area contributed by atoms with Crippen molar-refractivity contribution >= 4 is 5.91 Å². The summed E-state index contributed by atoms with van der Waals surface area (Å²) in [7, 11) is 0. The normalized spacial score (nSPS) is 17.1. The van der Waals surface area contributed by atoms with Crippen LogP contribution in [0.1, 0.15) is 39.7 Å². The number of amides is 1. The Morgan fingerprint density at radius 1 is 1.32 bits per heavy atom. The zero-order valence-corrected chi connectivity index (χ0v) is 12.8. The van der Waals surface area contributed by atoms with Crippen LogP contribution >= 0.6 is 0 Å². The highest BCUT2D eigenvalue weighted by Crippen LogP contribution is 2.15. The Hall–Kier alpha value is -2.51. The molecule has 0 fully saturated rings. The SMILES string of the molecule is Cc1n[nH]c(=O)c(C(=O)NC2CCc3nnc(C)n3C2)c1C. The summed E-state index contributed by atoms with van der Waals surface area (Å²) >= 11 is 0. The van der Waals surface area contributed by atoms with Gasteiger partial charge in [0.2, 0.25) is 0 Å². The molecule has 0 aliphatic carbocycles. The van der Waals surface area contributed by atoms with E-state index in [4.69, 9.17) is 0 Å². The van der Waals surface area contributed by atoms with Crippen LogP contribution in [0.2, 0.25) is 0 Å². The summed E-state index contributed by atoms with van der Waals surface area (Å²) in [6, 6.07) is -0.0398. The molecule has 1 atom stereocenters. The second-order valence-corrected chi connectivity index (χ2v) is 5.62. The summed E-state index contributed by atoms with van der Waals surface area (Å²) in [5.74, 6) is 1.42. The van der Waals surface area contributed by atoms with Crippen molar-refractivity contribution in [1.82, 2.24) is 30.3 Å². The highest BCUT2D eigenvalue weighted by Gasteiger charge is 2.25. The highest BCUT2D eigenvalue weighted by molar-refractivity contribution is 5.95. The summed E-state index contributed by atoms with van der Waals surface area (Å²) < 4.78 is 2.00. The number of aromatic nitrogens is 5. The Labute approximate surface area is 127 Å². The van der Waals surface area contributed by atoms with Crippen molar-refractivity contribution < 1.29 is 4.79 Å². The fourth-order valence-electron chi connectivity index (χ4n) is 2.74. The zero-order valence-electron chi connectivity index (χ0n) is 12.8. The molecule has 2 aromatic rings. The number of hydrogen-bond acceptors (Lipinski definition) is 5. The van der Waals surface area contributed by atoms with Crippen LogP contribution in [0.5, 0.6) is 0 Å². The number of aryl methyl sites for hydroxylation is 3. The van der Waals surface area contributed by atoms with Gasteiger partial charge in [0.1, 0.15) is 17.2 Å². The van der Waals surface area contributed by atoms with Gasteiger partial charge in [-0.1, -0.05) is 0 Å². The summed E-state index contributed by atoms with van der Waals surface area (Å²) in [5.41, 5.74) is 0.930. The van der Waals surface area contributed by atoms with Gasteiger partial charge in [-0.3, -0.25) is 9.59 Å². The molecule has 3 heterocycles. The third kappa shape index (κ3) is 2.40. The van der Waals surface area contributed by atoms with Crippen LogP contribution in [0, 0.1) is 20.8 Å². The fraction of sp³-hybridized carbons (Fsp3) is 0.500. The maximum absolute atomic E-state index is 12.4. The Bertz CT molecular complexity index is 791. The number of carbonyl (C=O) groups excluding carboxylic acids is 1. The topological polar surface area (TPSA) is 106 Å². The average molecular weight is 302 g/mol. The molecule has 1 unspecified atom stereocenters. The van der Waals surface area contributed by atoms with E-state index in [0.717, 1.165) is 24.5 Å². The second-order valence-electron chi connectivity index (χ2n) is 5.62. The number of hydrogen-bond donors (Lipinski definition) is 2. The van der Waals surface area contributed by atoms with Crippen LogP contribution in [0.15, 0.2) is 4.79 Å². The molecule has 0 radical (unpaired) electrons. The monoisotopic (exact) mass is 302 g/mol. The van der Waals surface area contributed by atoms with Crippen LogP contribution in [-0.4, -0.2) is 36.9 Å². The Balaban J connectivity index is 1.80. The zero-order chi connectivity index (χ0) is 15.9. The van der Waals surface area contributed by atoms with Gasteiger partial charge in [-0.15, -0.1) is 10.2 Å². The third-order valence-corrected chi connectivity index (χ3v) is 4.16. The minimum absolute atomic E-state index is 0.0398. The van der Waals surface area contributed by atoms with Crippen molar-refractivity contribution in [2.24, 2.45) is 0 Å². The molecule has 0 saturated heterocycles. The van der Waals surface area contributed by atoms with Crippen molar-refractivity contribution in [3.05, 3.63) is 38.8 Å². The molecule has 2 aromatic heterocycles. The molecular formula is C14H18N6O2. The van der Waals surface area contributed by atoms with E-state index in [9.17, 15) is 9.59 Å². The van der Waals surface area contributed by atoms with E-state index in [1.54, 1.807) is 13.8 Å². The van der Waals surface area contributed by atoms with E-state index in [1.165, 1.54) is 0 Å². The number of fused-ring (bicyclic) bond motifs is 1. The van der Waals surface area contributed by atoms with Gasteiger partial charge in [-0.2, -0.15) is 5.10 Å². The number of carbonyl (C=O) groups is 1. The van der Waals surface area contributed by atoms with Crippen molar-refractivity contribution in [2.75, 3.05) is 0 Å². The molecule has 1 amide bonds. The maximum atomic E-state index is 12.4. The molecular weight excluding hydrogens is 284 g/mol. The van der Waals surface area contributed by atoms with Gasteiger partial charge in [0, 0.05) is 19.0 Å². The lowest BCUT2D eigenvalue weighted by Gasteiger charge is -2.25. The smallest absolute Gasteiger partial charge is 0.277 e. The predicted molar refractivity (Wildman–Crippen MR) is 78.7 cm³/mol. The minimum atomic E-state index is -0.461. The van der Waals surface area contributed by atoms with Crippen molar-refractivity contribution in [3.63, 3.8) is 0 Å². The Morgan fingerprint density at radius 3 is 2.86 bits per heavy atom. The van der Waals surface area contributed by atoms with E-state index in [2.05, 4.69) is 25.7 Å². The van der Waals surface area contributed by atoms with E-state index >= 15 is 0 Å². The van der Waals surface area contributed by atoms with Crippen molar-refractivity contribution in [3.8, 4) is 0 Å². The predicted octanol–water partition coefficient (Wildman–Crippen LogP) is 0.0315.